The van der Waals surface area contributed by atoms with Gasteiger partial charge in [0.2, 0.25) is 0 Å². The van der Waals surface area contributed by atoms with Gasteiger partial charge in [-0.15, -0.1) is 0 Å². The van der Waals surface area contributed by atoms with E-state index in [0.717, 1.165) is 33.7 Å². The molecule has 1 unspecified atom stereocenters. The van der Waals surface area contributed by atoms with Crippen molar-refractivity contribution in [3.63, 3.8) is 0 Å². The van der Waals surface area contributed by atoms with Crippen LogP contribution in [0.4, 0.5) is 0 Å². The second-order valence-electron chi connectivity index (χ2n) is 11.9. The fourth-order valence-electron chi connectivity index (χ4n) is 4.74. The van der Waals surface area contributed by atoms with Gasteiger partial charge in [-0.1, -0.05) is 109 Å². The Labute approximate surface area is 222 Å². The average molecular weight is 493 g/mol. The highest BCUT2D eigenvalue weighted by atomic mass is 16.5. The molecule has 3 N–H and O–H groups in total. The van der Waals surface area contributed by atoms with Gasteiger partial charge in [0.1, 0.15) is 5.75 Å². The summed E-state index contributed by atoms with van der Waals surface area (Å²) in [5.74, 6) is 0.806. The van der Waals surface area contributed by atoms with Gasteiger partial charge in [-0.2, -0.15) is 0 Å². The van der Waals surface area contributed by atoms with Gasteiger partial charge in [0.05, 0.1) is 18.8 Å². The third kappa shape index (κ3) is 5.67. The molecule has 1 heterocycles. The van der Waals surface area contributed by atoms with E-state index in [1.54, 1.807) is 7.11 Å². The number of rotatable bonds is 5. The maximum atomic E-state index is 6.44. The van der Waals surface area contributed by atoms with Crippen LogP contribution >= 0.6 is 0 Å². The van der Waals surface area contributed by atoms with E-state index in [0.29, 0.717) is 5.70 Å². The summed E-state index contributed by atoms with van der Waals surface area (Å²) in [6.07, 6.45) is 2.31. The largest absolute Gasteiger partial charge is 0.497 e. The monoisotopic (exact) mass is 492 g/mol. The van der Waals surface area contributed by atoms with E-state index in [2.05, 4.69) is 108 Å². The zero-order valence-electron chi connectivity index (χ0n) is 23.3. The van der Waals surface area contributed by atoms with Crippen LogP contribution in [0.3, 0.4) is 0 Å². The molecule has 0 bridgehead atoms. The molecule has 192 valence electrons. The predicted octanol–water partition coefficient (Wildman–Crippen LogP) is 7.90. The van der Waals surface area contributed by atoms with Crippen molar-refractivity contribution in [2.24, 2.45) is 5.73 Å². The number of benzene rings is 3. The van der Waals surface area contributed by atoms with E-state index in [4.69, 9.17) is 10.5 Å². The van der Waals surface area contributed by atoms with E-state index < -0.39 is 0 Å². The Morgan fingerprint density at radius 3 is 1.76 bits per heavy atom. The van der Waals surface area contributed by atoms with Crippen molar-refractivity contribution in [2.75, 3.05) is 7.11 Å². The Balaban J connectivity index is 1.84. The van der Waals surface area contributed by atoms with Crippen LogP contribution in [-0.2, 0) is 10.8 Å². The molecule has 0 aromatic heterocycles. The Bertz CT molecular complexity index is 1330. The fourth-order valence-corrected chi connectivity index (χ4v) is 4.74. The third-order valence-corrected chi connectivity index (χ3v) is 7.05. The molecule has 0 spiro atoms. The first-order valence-corrected chi connectivity index (χ1v) is 12.9. The SMILES string of the molecule is C=C(N)/C(=C1\NC(c2ccc(C(C)(C)C)cc2)C=C1c1ccc(C(C)(C)C)cc1)c1ccc(OC)cc1. The van der Waals surface area contributed by atoms with E-state index in [-0.39, 0.29) is 16.9 Å². The molecule has 3 aromatic carbocycles. The Hall–Kier alpha value is -3.72. The first-order chi connectivity index (χ1) is 17.4. The summed E-state index contributed by atoms with van der Waals surface area (Å²) in [4.78, 5) is 0. The maximum absolute atomic E-state index is 6.44. The first-order valence-electron chi connectivity index (χ1n) is 12.9. The van der Waals surface area contributed by atoms with Crippen LogP contribution in [0.5, 0.6) is 5.75 Å². The summed E-state index contributed by atoms with van der Waals surface area (Å²) in [5.41, 5.74) is 16.2. The van der Waals surface area contributed by atoms with Crippen LogP contribution in [0, 0.1) is 0 Å². The zero-order valence-corrected chi connectivity index (χ0v) is 23.3. The third-order valence-electron chi connectivity index (χ3n) is 7.05. The Morgan fingerprint density at radius 1 is 0.784 bits per heavy atom. The van der Waals surface area contributed by atoms with Gasteiger partial charge in [0.25, 0.3) is 0 Å². The van der Waals surface area contributed by atoms with Crippen molar-refractivity contribution in [1.29, 1.82) is 0 Å². The van der Waals surface area contributed by atoms with Gasteiger partial charge in [-0.25, -0.2) is 0 Å². The summed E-state index contributed by atoms with van der Waals surface area (Å²) in [6, 6.07) is 25.8. The van der Waals surface area contributed by atoms with Crippen molar-refractivity contribution in [2.45, 2.75) is 58.4 Å². The lowest BCUT2D eigenvalue weighted by molar-refractivity contribution is 0.415. The van der Waals surface area contributed by atoms with Gasteiger partial charge >= 0.3 is 0 Å². The van der Waals surface area contributed by atoms with Gasteiger partial charge in [-0.3, -0.25) is 0 Å². The lowest BCUT2D eigenvalue weighted by Crippen LogP contribution is -2.17. The standard InChI is InChI=1S/C34H40N2O/c1-22(35)31(25-13-19-28(37-8)20-14-25)32-29(23-9-15-26(16-10-23)33(2,3)4)21-30(36-32)24-11-17-27(18-12-24)34(5,6)7/h9-21,30,36H,1,35H2,2-8H3/b32-31+. The molecular formula is C34H40N2O. The van der Waals surface area contributed by atoms with Crippen molar-refractivity contribution < 1.29 is 4.74 Å². The molecule has 3 nitrogen and oxygen atoms in total. The molecule has 3 heteroatoms. The Morgan fingerprint density at radius 2 is 1.30 bits per heavy atom. The number of hydrogen-bond donors (Lipinski definition) is 2. The lowest BCUT2D eigenvalue weighted by Gasteiger charge is -2.21. The molecule has 0 fully saturated rings. The highest BCUT2D eigenvalue weighted by Crippen LogP contribution is 2.40. The summed E-state index contributed by atoms with van der Waals surface area (Å²) in [7, 11) is 1.67. The van der Waals surface area contributed by atoms with Crippen LogP contribution in [0.1, 0.15) is 75.4 Å². The molecular weight excluding hydrogens is 452 g/mol. The first kappa shape index (κ1) is 26.3. The highest BCUT2D eigenvalue weighted by Gasteiger charge is 2.27. The summed E-state index contributed by atoms with van der Waals surface area (Å²) < 4.78 is 5.38. The second kappa shape index (κ2) is 9.97. The van der Waals surface area contributed by atoms with Crippen LogP contribution in [-0.4, -0.2) is 7.11 Å². The van der Waals surface area contributed by atoms with Crippen LogP contribution in [0.2, 0.25) is 0 Å². The van der Waals surface area contributed by atoms with Crippen molar-refractivity contribution in [1.82, 2.24) is 5.32 Å². The minimum absolute atomic E-state index is 0.0221. The summed E-state index contributed by atoms with van der Waals surface area (Å²) in [5, 5.41) is 3.78. The molecule has 0 aliphatic carbocycles. The molecule has 1 atom stereocenters. The molecule has 0 amide bonds. The number of nitrogens with two attached hydrogens (primary N) is 1. The molecule has 0 saturated heterocycles. The lowest BCUT2D eigenvalue weighted by atomic mass is 9.85. The molecule has 1 aliphatic heterocycles. The van der Waals surface area contributed by atoms with Gasteiger partial charge < -0.3 is 15.8 Å². The molecule has 3 aromatic rings. The number of hydrogen-bond acceptors (Lipinski definition) is 3. The predicted molar refractivity (Wildman–Crippen MR) is 157 cm³/mol. The Kier molecular flexibility index (Phi) is 7.10. The quantitative estimate of drug-likeness (QED) is 0.380. The fraction of sp³-hybridized carbons (Fsp3) is 0.294. The summed E-state index contributed by atoms with van der Waals surface area (Å²) in [6.45, 7) is 17.6. The summed E-state index contributed by atoms with van der Waals surface area (Å²) >= 11 is 0. The minimum atomic E-state index is 0.0221. The van der Waals surface area contributed by atoms with Gasteiger partial charge in [0, 0.05) is 16.8 Å². The maximum Gasteiger partial charge on any atom is 0.118 e. The molecule has 1 aliphatic rings. The van der Waals surface area contributed by atoms with E-state index in [9.17, 15) is 0 Å². The molecule has 0 saturated carbocycles. The zero-order chi connectivity index (χ0) is 27.0. The number of nitrogens with one attached hydrogen (secondary N) is 1. The minimum Gasteiger partial charge on any atom is -0.497 e. The highest BCUT2D eigenvalue weighted by molar-refractivity contribution is 5.95. The average Bonchev–Trinajstić information content (AvgIpc) is 3.28. The normalized spacial score (nSPS) is 17.2. The van der Waals surface area contributed by atoms with Gasteiger partial charge in [-0.05, 0) is 56.9 Å². The van der Waals surface area contributed by atoms with E-state index in [1.165, 1.54) is 16.7 Å². The van der Waals surface area contributed by atoms with E-state index >= 15 is 0 Å². The van der Waals surface area contributed by atoms with Crippen LogP contribution < -0.4 is 15.8 Å². The number of ether oxygens (including phenoxy) is 1. The van der Waals surface area contributed by atoms with Crippen molar-refractivity contribution in [3.8, 4) is 5.75 Å². The van der Waals surface area contributed by atoms with Crippen molar-refractivity contribution >= 4 is 11.1 Å². The second-order valence-corrected chi connectivity index (χ2v) is 11.9. The number of allylic oxidation sites excluding steroid dienone is 2. The smallest absolute Gasteiger partial charge is 0.118 e. The molecule has 0 radical (unpaired) electrons. The molecule has 4 rings (SSSR count). The van der Waals surface area contributed by atoms with Crippen LogP contribution in [0.15, 0.2) is 96.8 Å². The van der Waals surface area contributed by atoms with Gasteiger partial charge in [0.15, 0.2) is 0 Å². The van der Waals surface area contributed by atoms with Crippen molar-refractivity contribution in [3.05, 3.63) is 125 Å². The molecule has 37 heavy (non-hydrogen) atoms. The number of methoxy groups -OCH3 is 1. The van der Waals surface area contributed by atoms with Crippen LogP contribution in [0.25, 0.3) is 11.1 Å². The van der Waals surface area contributed by atoms with E-state index in [1.807, 2.05) is 24.3 Å². The topological polar surface area (TPSA) is 47.3 Å².